The first kappa shape index (κ1) is 16.8. The van der Waals surface area contributed by atoms with Gasteiger partial charge in [-0.2, -0.15) is 4.98 Å². The first-order valence-electron chi connectivity index (χ1n) is 8.52. The molecular weight excluding hydrogens is 350 g/mol. The van der Waals surface area contributed by atoms with Crippen LogP contribution in [-0.4, -0.2) is 34.6 Å². The highest BCUT2D eigenvalue weighted by atomic mass is 32.1. The fourth-order valence-electron chi connectivity index (χ4n) is 3.27. The lowest BCUT2D eigenvalue weighted by Gasteiger charge is -2.21. The van der Waals surface area contributed by atoms with Gasteiger partial charge in [0.05, 0.1) is 17.6 Å². The Balaban J connectivity index is 1.61. The number of rotatable bonds is 4. The number of methoxy groups -OCH3 is 1. The Bertz CT molecular complexity index is 934. The number of hydrogen-bond acceptors (Lipinski definition) is 6. The molecule has 1 aliphatic rings. The number of amides is 1. The molecule has 134 valence electrons. The number of hydrogen-bond donors (Lipinski definition) is 0. The summed E-state index contributed by atoms with van der Waals surface area (Å²) in [5, 5.41) is 4.11. The van der Waals surface area contributed by atoms with Crippen molar-refractivity contribution in [3.05, 3.63) is 52.0 Å². The normalized spacial score (nSPS) is 16.8. The van der Waals surface area contributed by atoms with Gasteiger partial charge in [0.15, 0.2) is 0 Å². The summed E-state index contributed by atoms with van der Waals surface area (Å²) in [7, 11) is 1.61. The van der Waals surface area contributed by atoms with Gasteiger partial charge in [0.2, 0.25) is 11.7 Å². The van der Waals surface area contributed by atoms with Gasteiger partial charge in [-0.25, -0.2) is 0 Å². The van der Waals surface area contributed by atoms with E-state index in [2.05, 4.69) is 10.1 Å². The van der Waals surface area contributed by atoms with E-state index in [0.29, 0.717) is 24.0 Å². The second-order valence-electron chi connectivity index (χ2n) is 6.22. The number of para-hydroxylation sites is 1. The number of carbonyl (C=O) groups excluding carboxylic acids is 1. The molecular formula is C19H19N3O3S. The van der Waals surface area contributed by atoms with Gasteiger partial charge in [0, 0.05) is 11.4 Å². The summed E-state index contributed by atoms with van der Waals surface area (Å²) < 4.78 is 10.9. The molecule has 2 aromatic heterocycles. The lowest BCUT2D eigenvalue weighted by Crippen LogP contribution is -2.30. The zero-order valence-corrected chi connectivity index (χ0v) is 15.5. The molecule has 7 heteroatoms. The van der Waals surface area contributed by atoms with Crippen LogP contribution in [0.2, 0.25) is 0 Å². The van der Waals surface area contributed by atoms with Gasteiger partial charge in [0.1, 0.15) is 11.8 Å². The van der Waals surface area contributed by atoms with Crippen LogP contribution in [0.15, 0.2) is 40.9 Å². The van der Waals surface area contributed by atoms with Crippen molar-refractivity contribution in [1.82, 2.24) is 15.0 Å². The Kier molecular flexibility index (Phi) is 4.46. The molecule has 1 aromatic carbocycles. The summed E-state index contributed by atoms with van der Waals surface area (Å²) in [6, 6.07) is 11.2. The van der Waals surface area contributed by atoms with Crippen molar-refractivity contribution in [2.75, 3.05) is 13.7 Å². The molecule has 0 aliphatic carbocycles. The van der Waals surface area contributed by atoms with E-state index in [1.54, 1.807) is 7.11 Å². The first-order valence-corrected chi connectivity index (χ1v) is 9.33. The van der Waals surface area contributed by atoms with Crippen LogP contribution in [0.25, 0.3) is 11.4 Å². The molecule has 1 saturated heterocycles. The topological polar surface area (TPSA) is 68.5 Å². The summed E-state index contributed by atoms with van der Waals surface area (Å²) >= 11 is 1.51. The minimum atomic E-state index is -0.180. The number of thiophene rings is 1. The molecule has 1 atom stereocenters. The van der Waals surface area contributed by atoms with Crippen molar-refractivity contribution in [3.8, 4) is 17.1 Å². The molecule has 0 bridgehead atoms. The van der Waals surface area contributed by atoms with Gasteiger partial charge in [-0.1, -0.05) is 17.3 Å². The first-order chi connectivity index (χ1) is 12.7. The Morgan fingerprint density at radius 1 is 1.31 bits per heavy atom. The standard InChI is InChI=1S/C19H19N3O3S/c1-12-9-10-16(26-12)19(23)22-11-5-7-14(22)18-20-17(21-25-18)13-6-3-4-8-15(13)24-2/h3-4,6,8-10,14H,5,7,11H2,1-2H3/t14-/m1/s1. The van der Waals surface area contributed by atoms with Crippen LogP contribution in [-0.2, 0) is 0 Å². The third kappa shape index (κ3) is 2.99. The van der Waals surface area contributed by atoms with Crippen molar-refractivity contribution in [3.63, 3.8) is 0 Å². The van der Waals surface area contributed by atoms with Crippen LogP contribution >= 0.6 is 11.3 Å². The van der Waals surface area contributed by atoms with E-state index in [1.807, 2.05) is 48.2 Å². The van der Waals surface area contributed by atoms with Crippen LogP contribution < -0.4 is 4.74 Å². The highest BCUT2D eigenvalue weighted by Crippen LogP contribution is 2.35. The number of nitrogens with zero attached hydrogens (tertiary/aromatic N) is 3. The second kappa shape index (κ2) is 6.92. The van der Waals surface area contributed by atoms with Crippen LogP contribution in [0.3, 0.4) is 0 Å². The van der Waals surface area contributed by atoms with Crippen molar-refractivity contribution in [2.24, 2.45) is 0 Å². The molecule has 3 aromatic rings. The van der Waals surface area contributed by atoms with E-state index in [0.717, 1.165) is 28.2 Å². The maximum Gasteiger partial charge on any atom is 0.264 e. The summed E-state index contributed by atoms with van der Waals surface area (Å²) in [5.41, 5.74) is 0.773. The minimum Gasteiger partial charge on any atom is -0.496 e. The number of benzene rings is 1. The summed E-state index contributed by atoms with van der Waals surface area (Å²) in [4.78, 5) is 21.1. The van der Waals surface area contributed by atoms with E-state index in [-0.39, 0.29) is 11.9 Å². The van der Waals surface area contributed by atoms with E-state index >= 15 is 0 Å². The van der Waals surface area contributed by atoms with Crippen LogP contribution in [0, 0.1) is 6.92 Å². The Morgan fingerprint density at radius 3 is 2.92 bits per heavy atom. The smallest absolute Gasteiger partial charge is 0.264 e. The lowest BCUT2D eigenvalue weighted by atomic mass is 10.2. The monoisotopic (exact) mass is 369 g/mol. The molecule has 1 fully saturated rings. The van der Waals surface area contributed by atoms with Gasteiger partial charge >= 0.3 is 0 Å². The molecule has 0 spiro atoms. The summed E-state index contributed by atoms with van der Waals surface area (Å²) in [6.45, 7) is 2.70. The molecule has 0 unspecified atom stereocenters. The predicted molar refractivity (Wildman–Crippen MR) is 98.4 cm³/mol. The van der Waals surface area contributed by atoms with E-state index in [1.165, 1.54) is 11.3 Å². The zero-order valence-electron chi connectivity index (χ0n) is 14.6. The number of ether oxygens (including phenoxy) is 1. The Labute approximate surface area is 155 Å². The average Bonchev–Trinajstić information content (AvgIpc) is 3.40. The highest BCUT2D eigenvalue weighted by Gasteiger charge is 2.35. The van der Waals surface area contributed by atoms with Gasteiger partial charge in [-0.05, 0) is 44.0 Å². The van der Waals surface area contributed by atoms with Crippen LogP contribution in [0.1, 0.15) is 39.3 Å². The largest absolute Gasteiger partial charge is 0.496 e. The second-order valence-corrected chi connectivity index (χ2v) is 7.51. The summed E-state index contributed by atoms with van der Waals surface area (Å²) in [5.74, 6) is 1.67. The molecule has 4 rings (SSSR count). The highest BCUT2D eigenvalue weighted by molar-refractivity contribution is 7.13. The number of aryl methyl sites for hydroxylation is 1. The van der Waals surface area contributed by atoms with E-state index < -0.39 is 0 Å². The van der Waals surface area contributed by atoms with Crippen LogP contribution in [0.5, 0.6) is 5.75 Å². The van der Waals surface area contributed by atoms with Gasteiger partial charge in [0.25, 0.3) is 5.91 Å². The third-order valence-corrected chi connectivity index (χ3v) is 5.53. The summed E-state index contributed by atoms with van der Waals surface area (Å²) in [6.07, 6.45) is 1.75. The maximum atomic E-state index is 12.8. The predicted octanol–water partition coefficient (Wildman–Crippen LogP) is 4.09. The fourth-order valence-corrected chi connectivity index (χ4v) is 4.09. The van der Waals surface area contributed by atoms with Crippen LogP contribution in [0.4, 0.5) is 0 Å². The third-order valence-electron chi connectivity index (χ3n) is 4.54. The zero-order chi connectivity index (χ0) is 18.1. The Morgan fingerprint density at radius 2 is 2.15 bits per heavy atom. The van der Waals surface area contributed by atoms with E-state index in [4.69, 9.17) is 9.26 Å². The molecule has 0 radical (unpaired) electrons. The maximum absolute atomic E-state index is 12.8. The van der Waals surface area contributed by atoms with Crippen molar-refractivity contribution in [1.29, 1.82) is 0 Å². The Hall–Kier alpha value is -2.67. The fraction of sp³-hybridized carbons (Fsp3) is 0.316. The number of aromatic nitrogens is 2. The minimum absolute atomic E-state index is 0.0302. The number of carbonyl (C=O) groups is 1. The van der Waals surface area contributed by atoms with Gasteiger partial charge in [-0.3, -0.25) is 4.79 Å². The van der Waals surface area contributed by atoms with Crippen molar-refractivity contribution in [2.45, 2.75) is 25.8 Å². The molecule has 0 saturated carbocycles. The average molecular weight is 369 g/mol. The van der Waals surface area contributed by atoms with E-state index in [9.17, 15) is 4.79 Å². The lowest BCUT2D eigenvalue weighted by molar-refractivity contribution is 0.0715. The molecule has 6 nitrogen and oxygen atoms in total. The SMILES string of the molecule is COc1ccccc1-c1noc([C@H]2CCCN2C(=O)c2ccc(C)s2)n1. The molecule has 1 amide bonds. The number of likely N-dealkylation sites (tertiary alicyclic amines) is 1. The van der Waals surface area contributed by atoms with Crippen molar-refractivity contribution < 1.29 is 14.1 Å². The van der Waals surface area contributed by atoms with Gasteiger partial charge < -0.3 is 14.2 Å². The van der Waals surface area contributed by atoms with Gasteiger partial charge in [-0.15, -0.1) is 11.3 Å². The molecule has 3 heterocycles. The quantitative estimate of drug-likeness (QED) is 0.693. The molecule has 0 N–H and O–H groups in total. The molecule has 1 aliphatic heterocycles. The molecule has 26 heavy (non-hydrogen) atoms. The van der Waals surface area contributed by atoms with Crippen molar-refractivity contribution >= 4 is 17.2 Å².